The van der Waals surface area contributed by atoms with Gasteiger partial charge in [0.2, 0.25) is 5.91 Å². The van der Waals surface area contributed by atoms with Crippen molar-refractivity contribution in [1.82, 2.24) is 15.2 Å². The highest BCUT2D eigenvalue weighted by Crippen LogP contribution is 2.35. The number of benzene rings is 2. The van der Waals surface area contributed by atoms with E-state index < -0.39 is 0 Å². The molecule has 5 heteroatoms. The molecule has 1 amide bonds. The third-order valence-corrected chi connectivity index (χ3v) is 7.35. The fraction of sp³-hybridized carbons (Fsp3) is 0.464. The van der Waals surface area contributed by atoms with Crippen LogP contribution in [0.4, 0.5) is 0 Å². The lowest BCUT2D eigenvalue weighted by molar-refractivity contribution is -0.121. The summed E-state index contributed by atoms with van der Waals surface area (Å²) in [6.07, 6.45) is 8.36. The number of piperidine rings is 1. The van der Waals surface area contributed by atoms with Crippen LogP contribution in [-0.4, -0.2) is 41.5 Å². The van der Waals surface area contributed by atoms with Gasteiger partial charge in [0, 0.05) is 53.6 Å². The van der Waals surface area contributed by atoms with E-state index >= 15 is 0 Å². The molecule has 4 rings (SSSR count). The van der Waals surface area contributed by atoms with Crippen molar-refractivity contribution in [2.45, 2.75) is 64.3 Å². The Balaban J connectivity index is 1.46. The van der Waals surface area contributed by atoms with E-state index in [0.717, 1.165) is 42.6 Å². The number of halogens is 1. The molecular weight excluding hydrogens is 430 g/mol. The second kappa shape index (κ2) is 11.2. The molecular formula is C28H36ClN3O. The fourth-order valence-electron chi connectivity index (χ4n) is 5.21. The monoisotopic (exact) mass is 465 g/mol. The molecule has 0 aliphatic carbocycles. The van der Waals surface area contributed by atoms with E-state index in [0.29, 0.717) is 17.5 Å². The summed E-state index contributed by atoms with van der Waals surface area (Å²) in [5.41, 5.74) is 4.68. The Morgan fingerprint density at radius 2 is 2.09 bits per heavy atom. The molecule has 2 aromatic carbocycles. The van der Waals surface area contributed by atoms with Crippen molar-refractivity contribution >= 4 is 28.4 Å². The van der Waals surface area contributed by atoms with Gasteiger partial charge in [-0.15, -0.1) is 0 Å². The number of hydrogen-bond donors (Lipinski definition) is 2. The number of aromatic nitrogens is 1. The number of rotatable bonds is 9. The molecule has 2 atom stereocenters. The molecule has 1 aromatic heterocycles. The lowest BCUT2D eigenvalue weighted by Crippen LogP contribution is -2.39. The summed E-state index contributed by atoms with van der Waals surface area (Å²) >= 11 is 6.33. The Hall–Kier alpha value is -2.30. The molecule has 4 nitrogen and oxygen atoms in total. The SMILES string of the molecule is CCc1cccc2c(C(CC(=O)NCCCN3CCCCC3C)c3cccc(Cl)c3)c[nH]c12. The van der Waals surface area contributed by atoms with Gasteiger partial charge in [-0.25, -0.2) is 0 Å². The van der Waals surface area contributed by atoms with Gasteiger partial charge in [0.1, 0.15) is 0 Å². The highest BCUT2D eigenvalue weighted by Gasteiger charge is 2.23. The maximum Gasteiger partial charge on any atom is 0.220 e. The quantitative estimate of drug-likeness (QED) is 0.365. The van der Waals surface area contributed by atoms with Crippen LogP contribution in [0.3, 0.4) is 0 Å². The molecule has 0 radical (unpaired) electrons. The number of carbonyl (C=O) groups is 1. The van der Waals surface area contributed by atoms with Gasteiger partial charge in [-0.3, -0.25) is 4.79 Å². The Bertz CT molecular complexity index is 1080. The third-order valence-electron chi connectivity index (χ3n) is 7.12. The average Bonchev–Trinajstić information content (AvgIpc) is 3.25. The summed E-state index contributed by atoms with van der Waals surface area (Å²) in [7, 11) is 0. The molecule has 2 N–H and O–H groups in total. The Morgan fingerprint density at radius 3 is 2.88 bits per heavy atom. The molecule has 0 bridgehead atoms. The summed E-state index contributed by atoms with van der Waals surface area (Å²) in [5, 5.41) is 5.06. The Labute approximate surface area is 202 Å². The maximum absolute atomic E-state index is 13.0. The zero-order valence-electron chi connectivity index (χ0n) is 19.9. The number of amides is 1. The number of fused-ring (bicyclic) bond motifs is 1. The van der Waals surface area contributed by atoms with E-state index in [9.17, 15) is 4.79 Å². The van der Waals surface area contributed by atoms with E-state index in [-0.39, 0.29) is 11.8 Å². The Kier molecular flexibility index (Phi) is 8.11. The summed E-state index contributed by atoms with van der Waals surface area (Å²) in [5.74, 6) is 0.0411. The molecule has 3 aromatic rings. The smallest absolute Gasteiger partial charge is 0.220 e. The van der Waals surface area contributed by atoms with Crippen LogP contribution in [0.1, 0.15) is 68.6 Å². The number of nitrogens with one attached hydrogen (secondary N) is 2. The van der Waals surface area contributed by atoms with Crippen LogP contribution in [0.15, 0.2) is 48.7 Å². The molecule has 1 fully saturated rings. The number of para-hydroxylation sites is 1. The highest BCUT2D eigenvalue weighted by molar-refractivity contribution is 6.30. The van der Waals surface area contributed by atoms with E-state index in [1.807, 2.05) is 18.2 Å². The van der Waals surface area contributed by atoms with Crippen LogP contribution in [0.2, 0.25) is 5.02 Å². The molecule has 2 heterocycles. The van der Waals surface area contributed by atoms with Gasteiger partial charge in [0.25, 0.3) is 0 Å². The number of aromatic amines is 1. The van der Waals surface area contributed by atoms with Crippen molar-refractivity contribution in [3.8, 4) is 0 Å². The van der Waals surface area contributed by atoms with Gasteiger partial charge in [0.05, 0.1) is 0 Å². The minimum absolute atomic E-state index is 0.0494. The summed E-state index contributed by atoms with van der Waals surface area (Å²) in [4.78, 5) is 19.0. The van der Waals surface area contributed by atoms with Crippen molar-refractivity contribution in [3.05, 3.63) is 70.4 Å². The van der Waals surface area contributed by atoms with Crippen LogP contribution in [-0.2, 0) is 11.2 Å². The summed E-state index contributed by atoms with van der Waals surface area (Å²) in [6, 6.07) is 15.0. The van der Waals surface area contributed by atoms with Gasteiger partial charge in [-0.1, -0.05) is 55.3 Å². The van der Waals surface area contributed by atoms with Crippen molar-refractivity contribution < 1.29 is 4.79 Å². The van der Waals surface area contributed by atoms with Gasteiger partial charge in [-0.2, -0.15) is 0 Å². The van der Waals surface area contributed by atoms with Gasteiger partial charge >= 0.3 is 0 Å². The van der Waals surface area contributed by atoms with E-state index in [1.165, 1.54) is 36.8 Å². The molecule has 1 saturated heterocycles. The van der Waals surface area contributed by atoms with Crippen LogP contribution in [0.5, 0.6) is 0 Å². The number of H-pyrrole nitrogens is 1. The van der Waals surface area contributed by atoms with Crippen LogP contribution < -0.4 is 5.32 Å². The number of nitrogens with zero attached hydrogens (tertiary/aromatic N) is 1. The molecule has 2 unspecified atom stereocenters. The lowest BCUT2D eigenvalue weighted by Gasteiger charge is -2.33. The fourth-order valence-corrected chi connectivity index (χ4v) is 5.41. The normalized spacial score (nSPS) is 17.8. The minimum atomic E-state index is -0.0494. The van der Waals surface area contributed by atoms with Crippen LogP contribution >= 0.6 is 11.6 Å². The van der Waals surface area contributed by atoms with Crippen LogP contribution in [0.25, 0.3) is 10.9 Å². The number of carbonyl (C=O) groups excluding carboxylic acids is 1. The van der Waals surface area contributed by atoms with E-state index in [1.54, 1.807) is 0 Å². The molecule has 0 spiro atoms. The number of likely N-dealkylation sites (tertiary alicyclic amines) is 1. The lowest BCUT2D eigenvalue weighted by atomic mass is 9.87. The first-order chi connectivity index (χ1) is 16.1. The van der Waals surface area contributed by atoms with Gasteiger partial charge < -0.3 is 15.2 Å². The van der Waals surface area contributed by atoms with Crippen LogP contribution in [0, 0.1) is 0 Å². The number of aryl methyl sites for hydroxylation is 1. The van der Waals surface area contributed by atoms with Crippen molar-refractivity contribution in [3.63, 3.8) is 0 Å². The molecule has 176 valence electrons. The summed E-state index contributed by atoms with van der Waals surface area (Å²) < 4.78 is 0. The van der Waals surface area contributed by atoms with Crippen molar-refractivity contribution in [2.75, 3.05) is 19.6 Å². The largest absolute Gasteiger partial charge is 0.361 e. The predicted molar refractivity (Wildman–Crippen MR) is 138 cm³/mol. The summed E-state index contributed by atoms with van der Waals surface area (Å²) in [6.45, 7) is 7.45. The first-order valence-electron chi connectivity index (χ1n) is 12.4. The first-order valence-corrected chi connectivity index (χ1v) is 12.8. The first kappa shape index (κ1) is 23.8. The highest BCUT2D eigenvalue weighted by atomic mass is 35.5. The second-order valence-electron chi connectivity index (χ2n) is 9.33. The standard InChI is InChI=1S/C28H36ClN3O/c1-3-21-10-7-13-24-26(19-31-28(21)24)25(22-11-6-12-23(29)17-22)18-27(33)30-14-8-16-32-15-5-4-9-20(32)2/h6-7,10-13,17,19-20,25,31H,3-5,8-9,14-16,18H2,1-2H3,(H,30,33). The predicted octanol–water partition coefficient (Wildman–Crippen LogP) is 6.29. The molecule has 1 aliphatic heterocycles. The van der Waals surface area contributed by atoms with Gasteiger partial charge in [0.15, 0.2) is 0 Å². The third kappa shape index (κ3) is 5.80. The van der Waals surface area contributed by atoms with Crippen molar-refractivity contribution in [1.29, 1.82) is 0 Å². The molecule has 0 saturated carbocycles. The molecule has 33 heavy (non-hydrogen) atoms. The zero-order valence-corrected chi connectivity index (χ0v) is 20.6. The average molecular weight is 466 g/mol. The van der Waals surface area contributed by atoms with Gasteiger partial charge in [-0.05, 0) is 68.0 Å². The van der Waals surface area contributed by atoms with E-state index in [2.05, 4.69) is 59.5 Å². The number of hydrogen-bond acceptors (Lipinski definition) is 2. The minimum Gasteiger partial charge on any atom is -0.361 e. The zero-order chi connectivity index (χ0) is 23.2. The Morgan fingerprint density at radius 1 is 1.24 bits per heavy atom. The van der Waals surface area contributed by atoms with E-state index in [4.69, 9.17) is 11.6 Å². The second-order valence-corrected chi connectivity index (χ2v) is 9.77. The molecule has 1 aliphatic rings. The topological polar surface area (TPSA) is 48.1 Å². The maximum atomic E-state index is 13.0. The van der Waals surface area contributed by atoms with Crippen molar-refractivity contribution in [2.24, 2.45) is 0 Å².